The molecular formula is C23H23NO5S. The minimum atomic E-state index is -0.669. The molecule has 4 rings (SSSR count). The van der Waals surface area contributed by atoms with Crippen molar-refractivity contribution in [1.29, 1.82) is 0 Å². The lowest BCUT2D eigenvalue weighted by Crippen LogP contribution is -2.35. The summed E-state index contributed by atoms with van der Waals surface area (Å²) in [4.78, 5) is 28.4. The smallest absolute Gasteiger partial charge is 0.375 e. The Balaban J connectivity index is 1.51. The zero-order chi connectivity index (χ0) is 21.1. The van der Waals surface area contributed by atoms with Crippen LogP contribution in [0.1, 0.15) is 29.5 Å². The van der Waals surface area contributed by atoms with Crippen LogP contribution < -0.4 is 4.90 Å². The molecule has 0 bridgehead atoms. The van der Waals surface area contributed by atoms with Gasteiger partial charge in [-0.1, -0.05) is 37.3 Å². The second-order valence-electron chi connectivity index (χ2n) is 7.15. The fourth-order valence-corrected chi connectivity index (χ4v) is 4.68. The molecule has 0 radical (unpaired) electrons. The van der Waals surface area contributed by atoms with E-state index in [1.165, 1.54) is 0 Å². The molecule has 7 heteroatoms. The minimum Gasteiger partial charge on any atom is -0.450 e. The van der Waals surface area contributed by atoms with E-state index in [1.807, 2.05) is 42.5 Å². The van der Waals surface area contributed by atoms with Gasteiger partial charge in [0.25, 0.3) is 5.91 Å². The van der Waals surface area contributed by atoms with Crippen LogP contribution in [-0.4, -0.2) is 37.4 Å². The summed E-state index contributed by atoms with van der Waals surface area (Å²) in [6.45, 7) is 2.59. The van der Waals surface area contributed by atoms with Gasteiger partial charge >= 0.3 is 5.97 Å². The Morgan fingerprint density at radius 1 is 1.17 bits per heavy atom. The lowest BCUT2D eigenvalue weighted by Gasteiger charge is -2.22. The minimum absolute atomic E-state index is 0.0753. The zero-order valence-corrected chi connectivity index (χ0v) is 17.7. The number of esters is 1. The van der Waals surface area contributed by atoms with Gasteiger partial charge in [0.1, 0.15) is 5.58 Å². The average Bonchev–Trinajstić information content (AvgIpc) is 3.02. The van der Waals surface area contributed by atoms with E-state index in [9.17, 15) is 9.59 Å². The second-order valence-corrected chi connectivity index (χ2v) is 8.63. The van der Waals surface area contributed by atoms with Crippen LogP contribution in [-0.2, 0) is 20.9 Å². The monoisotopic (exact) mass is 425 g/mol. The molecule has 6 nitrogen and oxygen atoms in total. The number of hydrogen-bond acceptors (Lipinski definition) is 6. The van der Waals surface area contributed by atoms with Gasteiger partial charge < -0.3 is 18.8 Å². The number of furan rings is 1. The van der Waals surface area contributed by atoms with E-state index >= 15 is 0 Å². The number of thioether (sulfide) groups is 1. The van der Waals surface area contributed by atoms with Crippen molar-refractivity contribution >= 4 is 40.3 Å². The maximum Gasteiger partial charge on any atom is 0.375 e. The molecule has 0 fully saturated rings. The molecular weight excluding hydrogens is 402 g/mol. The standard InChI is InChI=1S/C23H23NO5S/c1-15-11-12-24(18-8-4-6-10-20(18)30-15)21(25)14-28-23(26)22-17(13-27-2)16-7-3-5-9-19(16)29-22/h3-10,15H,11-14H2,1-2H3. The lowest BCUT2D eigenvalue weighted by molar-refractivity contribution is -0.121. The number of carbonyl (C=O) groups is 2. The number of nitrogens with zero attached hydrogens (tertiary/aromatic N) is 1. The number of para-hydroxylation sites is 2. The number of benzene rings is 2. The molecule has 0 N–H and O–H groups in total. The van der Waals surface area contributed by atoms with Gasteiger partial charge in [-0.2, -0.15) is 0 Å². The van der Waals surface area contributed by atoms with Crippen LogP contribution in [0, 0.1) is 0 Å². The second kappa shape index (κ2) is 8.93. The van der Waals surface area contributed by atoms with Gasteiger partial charge in [0.15, 0.2) is 6.61 Å². The number of methoxy groups -OCH3 is 1. The summed E-state index contributed by atoms with van der Waals surface area (Å²) >= 11 is 1.75. The Morgan fingerprint density at radius 2 is 1.93 bits per heavy atom. The number of rotatable bonds is 5. The van der Waals surface area contributed by atoms with Crippen LogP contribution in [0.2, 0.25) is 0 Å². The third kappa shape index (κ3) is 4.08. The summed E-state index contributed by atoms with van der Waals surface area (Å²) in [5, 5.41) is 1.20. The lowest BCUT2D eigenvalue weighted by atomic mass is 10.1. The van der Waals surface area contributed by atoms with Crippen LogP contribution in [0.15, 0.2) is 57.8 Å². The molecule has 2 aromatic carbocycles. The Bertz CT molecular complexity index is 1080. The number of amides is 1. The van der Waals surface area contributed by atoms with Crippen LogP contribution in [0.5, 0.6) is 0 Å². The van der Waals surface area contributed by atoms with E-state index in [4.69, 9.17) is 13.9 Å². The van der Waals surface area contributed by atoms with Crippen LogP contribution >= 0.6 is 11.8 Å². The third-order valence-electron chi connectivity index (χ3n) is 5.04. The fraction of sp³-hybridized carbons (Fsp3) is 0.304. The van der Waals surface area contributed by atoms with E-state index in [0.717, 1.165) is 22.4 Å². The summed E-state index contributed by atoms with van der Waals surface area (Å²) in [5.41, 5.74) is 2.06. The Hall–Kier alpha value is -2.77. The molecule has 2 heterocycles. The highest BCUT2D eigenvalue weighted by Gasteiger charge is 2.27. The maximum atomic E-state index is 12.9. The van der Waals surface area contributed by atoms with Crippen molar-refractivity contribution in [1.82, 2.24) is 0 Å². The molecule has 3 aromatic rings. The number of ether oxygens (including phenoxy) is 2. The highest BCUT2D eigenvalue weighted by atomic mass is 32.2. The molecule has 1 aromatic heterocycles. The van der Waals surface area contributed by atoms with E-state index in [1.54, 1.807) is 29.8 Å². The highest BCUT2D eigenvalue weighted by Crippen LogP contribution is 2.37. The summed E-state index contributed by atoms with van der Waals surface area (Å²) in [6, 6.07) is 15.2. The highest BCUT2D eigenvalue weighted by molar-refractivity contribution is 8.00. The summed E-state index contributed by atoms with van der Waals surface area (Å²) in [5.74, 6) is -0.848. The van der Waals surface area contributed by atoms with Gasteiger partial charge in [-0.25, -0.2) is 4.79 Å². The topological polar surface area (TPSA) is 69.0 Å². The van der Waals surface area contributed by atoms with E-state index in [0.29, 0.717) is 22.9 Å². The molecule has 1 aliphatic rings. The summed E-state index contributed by atoms with van der Waals surface area (Å²) in [6.07, 6.45) is 0.862. The summed E-state index contributed by atoms with van der Waals surface area (Å²) < 4.78 is 16.3. The number of hydrogen-bond donors (Lipinski definition) is 0. The van der Waals surface area contributed by atoms with Crippen molar-refractivity contribution in [2.45, 2.75) is 30.1 Å². The molecule has 0 saturated carbocycles. The van der Waals surface area contributed by atoms with Crippen molar-refractivity contribution in [3.05, 3.63) is 59.9 Å². The molecule has 0 spiro atoms. The van der Waals surface area contributed by atoms with Gasteiger partial charge in [-0.15, -0.1) is 11.8 Å². The quantitative estimate of drug-likeness (QED) is 0.554. The Labute approximate surface area is 179 Å². The number of carbonyl (C=O) groups excluding carboxylic acids is 2. The molecule has 30 heavy (non-hydrogen) atoms. The molecule has 156 valence electrons. The molecule has 1 aliphatic heterocycles. The van der Waals surface area contributed by atoms with E-state index in [-0.39, 0.29) is 24.9 Å². The summed E-state index contributed by atoms with van der Waals surface area (Å²) in [7, 11) is 1.55. The van der Waals surface area contributed by atoms with Gasteiger partial charge in [-0.3, -0.25) is 4.79 Å². The zero-order valence-electron chi connectivity index (χ0n) is 16.9. The van der Waals surface area contributed by atoms with Crippen molar-refractivity contribution in [3.63, 3.8) is 0 Å². The first-order valence-corrected chi connectivity index (χ1v) is 10.7. The first-order chi connectivity index (χ1) is 14.6. The van der Waals surface area contributed by atoms with E-state index in [2.05, 4.69) is 6.92 Å². The largest absolute Gasteiger partial charge is 0.450 e. The molecule has 1 atom stereocenters. The first kappa shape index (κ1) is 20.5. The average molecular weight is 426 g/mol. The Kier molecular flexibility index (Phi) is 6.11. The third-order valence-corrected chi connectivity index (χ3v) is 6.28. The molecule has 1 amide bonds. The number of fused-ring (bicyclic) bond motifs is 2. The van der Waals surface area contributed by atoms with E-state index < -0.39 is 5.97 Å². The fourth-order valence-electron chi connectivity index (χ4n) is 3.57. The molecule has 0 aliphatic carbocycles. The predicted molar refractivity (Wildman–Crippen MR) is 116 cm³/mol. The van der Waals surface area contributed by atoms with Crippen LogP contribution in [0.4, 0.5) is 5.69 Å². The van der Waals surface area contributed by atoms with Gasteiger partial charge in [0, 0.05) is 34.7 Å². The van der Waals surface area contributed by atoms with Gasteiger partial charge in [0.05, 0.1) is 12.3 Å². The SMILES string of the molecule is COCc1c(C(=O)OCC(=O)N2CCC(C)Sc3ccccc32)oc2ccccc12. The number of anilines is 1. The van der Waals surface area contributed by atoms with Crippen molar-refractivity contribution < 1.29 is 23.5 Å². The Morgan fingerprint density at radius 3 is 2.77 bits per heavy atom. The van der Waals surface area contributed by atoms with Gasteiger partial charge in [0.2, 0.25) is 5.76 Å². The van der Waals surface area contributed by atoms with Crippen molar-refractivity contribution in [3.8, 4) is 0 Å². The molecule has 1 unspecified atom stereocenters. The van der Waals surface area contributed by atoms with Gasteiger partial charge in [-0.05, 0) is 24.6 Å². The predicted octanol–water partition coefficient (Wildman–Crippen LogP) is 4.65. The van der Waals surface area contributed by atoms with Crippen LogP contribution in [0.25, 0.3) is 11.0 Å². The van der Waals surface area contributed by atoms with Crippen LogP contribution in [0.3, 0.4) is 0 Å². The molecule has 0 saturated heterocycles. The first-order valence-electron chi connectivity index (χ1n) is 9.81. The maximum absolute atomic E-state index is 12.9. The van der Waals surface area contributed by atoms with Crippen molar-refractivity contribution in [2.24, 2.45) is 0 Å². The van der Waals surface area contributed by atoms with Crippen molar-refractivity contribution in [2.75, 3.05) is 25.2 Å². The normalized spacial score (nSPS) is 16.2.